The van der Waals surface area contributed by atoms with Crippen LogP contribution in [0.25, 0.3) is 0 Å². The van der Waals surface area contributed by atoms with Crippen LogP contribution in [-0.2, 0) is 16.4 Å². The highest BCUT2D eigenvalue weighted by Gasteiger charge is 2.20. The summed E-state index contributed by atoms with van der Waals surface area (Å²) in [6.45, 7) is 2.40. The SMILES string of the molecule is COc1ccc(OC)c(S(=O)(=O)NCCCc2cccc(C)c2)c1. The van der Waals surface area contributed by atoms with Crippen molar-refractivity contribution in [1.29, 1.82) is 0 Å². The van der Waals surface area contributed by atoms with Gasteiger partial charge in [0.05, 0.1) is 14.2 Å². The molecular weight excluding hydrogens is 326 g/mol. The Morgan fingerprint density at radius 2 is 1.83 bits per heavy atom. The van der Waals surface area contributed by atoms with Gasteiger partial charge in [0.25, 0.3) is 0 Å². The van der Waals surface area contributed by atoms with Gasteiger partial charge in [0.15, 0.2) is 0 Å². The van der Waals surface area contributed by atoms with Crippen LogP contribution in [0.2, 0.25) is 0 Å². The topological polar surface area (TPSA) is 64.6 Å². The molecule has 0 bridgehead atoms. The Hall–Kier alpha value is -2.05. The highest BCUT2D eigenvalue weighted by atomic mass is 32.2. The molecule has 2 rings (SSSR count). The van der Waals surface area contributed by atoms with Crippen molar-refractivity contribution in [3.05, 3.63) is 53.6 Å². The largest absolute Gasteiger partial charge is 0.497 e. The maximum atomic E-state index is 12.5. The van der Waals surface area contributed by atoms with Gasteiger partial charge in [-0.1, -0.05) is 29.8 Å². The smallest absolute Gasteiger partial charge is 0.244 e. The normalized spacial score (nSPS) is 11.3. The number of nitrogens with one attached hydrogen (secondary N) is 1. The molecule has 6 heteroatoms. The first-order valence-electron chi connectivity index (χ1n) is 7.73. The Kier molecular flexibility index (Phi) is 6.23. The van der Waals surface area contributed by atoms with Crippen molar-refractivity contribution < 1.29 is 17.9 Å². The van der Waals surface area contributed by atoms with Gasteiger partial charge in [0.1, 0.15) is 16.4 Å². The molecule has 0 saturated heterocycles. The number of rotatable bonds is 8. The maximum absolute atomic E-state index is 12.5. The molecule has 0 saturated carbocycles. The van der Waals surface area contributed by atoms with Crippen LogP contribution < -0.4 is 14.2 Å². The van der Waals surface area contributed by atoms with Crippen molar-refractivity contribution in [2.75, 3.05) is 20.8 Å². The highest BCUT2D eigenvalue weighted by molar-refractivity contribution is 7.89. The molecule has 0 atom stereocenters. The number of hydrogen-bond donors (Lipinski definition) is 1. The molecule has 0 spiro atoms. The molecule has 130 valence electrons. The molecular formula is C18H23NO4S. The van der Waals surface area contributed by atoms with E-state index < -0.39 is 10.0 Å². The minimum atomic E-state index is -3.65. The lowest BCUT2D eigenvalue weighted by atomic mass is 10.1. The minimum absolute atomic E-state index is 0.0832. The van der Waals surface area contributed by atoms with Gasteiger partial charge in [0, 0.05) is 12.6 Å². The van der Waals surface area contributed by atoms with Crippen LogP contribution in [0.15, 0.2) is 47.4 Å². The molecule has 0 amide bonds. The third-order valence-corrected chi connectivity index (χ3v) is 5.16. The van der Waals surface area contributed by atoms with Crippen molar-refractivity contribution in [3.63, 3.8) is 0 Å². The van der Waals surface area contributed by atoms with E-state index in [-0.39, 0.29) is 4.90 Å². The predicted molar refractivity (Wildman–Crippen MR) is 94.2 cm³/mol. The minimum Gasteiger partial charge on any atom is -0.497 e. The summed E-state index contributed by atoms with van der Waals surface area (Å²) in [7, 11) is -0.717. The number of benzene rings is 2. The van der Waals surface area contributed by atoms with Crippen LogP contribution in [0.5, 0.6) is 11.5 Å². The van der Waals surface area contributed by atoms with E-state index in [4.69, 9.17) is 9.47 Å². The quantitative estimate of drug-likeness (QED) is 0.744. The fourth-order valence-electron chi connectivity index (χ4n) is 2.44. The van der Waals surface area contributed by atoms with E-state index in [9.17, 15) is 8.42 Å². The van der Waals surface area contributed by atoms with Crippen LogP contribution in [0.1, 0.15) is 17.5 Å². The summed E-state index contributed by atoms with van der Waals surface area (Å²) in [5.74, 6) is 0.762. The maximum Gasteiger partial charge on any atom is 0.244 e. The number of ether oxygens (including phenoxy) is 2. The fraction of sp³-hybridized carbons (Fsp3) is 0.333. The Balaban J connectivity index is 2.01. The van der Waals surface area contributed by atoms with E-state index in [1.165, 1.54) is 31.4 Å². The van der Waals surface area contributed by atoms with Crippen molar-refractivity contribution in [1.82, 2.24) is 4.72 Å². The molecule has 0 aromatic heterocycles. The van der Waals surface area contributed by atoms with Crippen LogP contribution in [-0.4, -0.2) is 29.2 Å². The Labute approximate surface area is 143 Å². The summed E-state index contributed by atoms with van der Waals surface area (Å²) in [4.78, 5) is 0.0832. The third-order valence-electron chi connectivity index (χ3n) is 3.68. The molecule has 1 N–H and O–H groups in total. The second kappa shape index (κ2) is 8.17. The van der Waals surface area contributed by atoms with Crippen LogP contribution in [0.3, 0.4) is 0 Å². The zero-order chi connectivity index (χ0) is 17.6. The Morgan fingerprint density at radius 3 is 2.50 bits per heavy atom. The summed E-state index contributed by atoms with van der Waals surface area (Å²) in [5.41, 5.74) is 2.40. The molecule has 0 heterocycles. The van der Waals surface area contributed by atoms with Gasteiger partial charge in [0.2, 0.25) is 10.0 Å². The molecule has 24 heavy (non-hydrogen) atoms. The third kappa shape index (κ3) is 4.72. The first-order chi connectivity index (χ1) is 11.5. The van der Waals surface area contributed by atoms with Gasteiger partial charge in [-0.25, -0.2) is 13.1 Å². The van der Waals surface area contributed by atoms with E-state index in [0.29, 0.717) is 18.0 Å². The second-order valence-electron chi connectivity index (χ2n) is 5.51. The van der Waals surface area contributed by atoms with Gasteiger partial charge in [-0.05, 0) is 37.5 Å². The van der Waals surface area contributed by atoms with Crippen molar-refractivity contribution >= 4 is 10.0 Å². The molecule has 0 aliphatic carbocycles. The van der Waals surface area contributed by atoms with Gasteiger partial charge in [-0.2, -0.15) is 0 Å². The molecule has 2 aromatic carbocycles. The van der Waals surface area contributed by atoms with Crippen molar-refractivity contribution in [2.24, 2.45) is 0 Å². The number of sulfonamides is 1. The van der Waals surface area contributed by atoms with Crippen LogP contribution in [0, 0.1) is 6.92 Å². The summed E-state index contributed by atoms with van der Waals surface area (Å²) in [6, 6.07) is 12.9. The average Bonchev–Trinajstić information content (AvgIpc) is 2.58. The first kappa shape index (κ1) is 18.3. The molecule has 0 unspecified atom stereocenters. The number of hydrogen-bond acceptors (Lipinski definition) is 4. The second-order valence-corrected chi connectivity index (χ2v) is 7.24. The number of aryl methyl sites for hydroxylation is 2. The fourth-order valence-corrected chi connectivity index (χ4v) is 3.69. The lowest BCUT2D eigenvalue weighted by Crippen LogP contribution is -2.25. The Bertz CT molecular complexity index is 787. The average molecular weight is 349 g/mol. The lowest BCUT2D eigenvalue weighted by Gasteiger charge is -2.12. The molecule has 0 fully saturated rings. The van der Waals surface area contributed by atoms with Gasteiger partial charge >= 0.3 is 0 Å². The summed E-state index contributed by atoms with van der Waals surface area (Å²) in [6.07, 6.45) is 1.54. The summed E-state index contributed by atoms with van der Waals surface area (Å²) < 4.78 is 37.9. The highest BCUT2D eigenvalue weighted by Crippen LogP contribution is 2.27. The van der Waals surface area contributed by atoms with Gasteiger partial charge in [-0.3, -0.25) is 0 Å². The zero-order valence-corrected chi connectivity index (χ0v) is 15.0. The van der Waals surface area contributed by atoms with Crippen LogP contribution in [0.4, 0.5) is 0 Å². The lowest BCUT2D eigenvalue weighted by molar-refractivity contribution is 0.392. The molecule has 0 radical (unpaired) electrons. The van der Waals surface area contributed by atoms with Crippen LogP contribution >= 0.6 is 0 Å². The summed E-state index contributed by atoms with van der Waals surface area (Å²) >= 11 is 0. The monoisotopic (exact) mass is 349 g/mol. The van der Waals surface area contributed by atoms with Gasteiger partial charge in [-0.15, -0.1) is 0 Å². The molecule has 2 aromatic rings. The molecule has 0 aliphatic rings. The predicted octanol–water partition coefficient (Wildman–Crippen LogP) is 2.92. The Morgan fingerprint density at radius 1 is 1.04 bits per heavy atom. The van der Waals surface area contributed by atoms with E-state index >= 15 is 0 Å². The summed E-state index contributed by atoms with van der Waals surface area (Å²) in [5, 5.41) is 0. The van der Waals surface area contributed by atoms with E-state index in [0.717, 1.165) is 12.8 Å². The number of methoxy groups -OCH3 is 2. The van der Waals surface area contributed by atoms with Gasteiger partial charge < -0.3 is 9.47 Å². The van der Waals surface area contributed by atoms with Crippen molar-refractivity contribution in [3.8, 4) is 11.5 Å². The molecule has 0 aliphatic heterocycles. The van der Waals surface area contributed by atoms with Crippen molar-refractivity contribution in [2.45, 2.75) is 24.7 Å². The standard InChI is InChI=1S/C18H23NO4S/c1-14-6-4-7-15(12-14)8-5-11-19-24(20,21)18-13-16(22-2)9-10-17(18)23-3/h4,6-7,9-10,12-13,19H,5,8,11H2,1-3H3. The van der Waals surface area contributed by atoms with E-state index in [2.05, 4.69) is 10.8 Å². The first-order valence-corrected chi connectivity index (χ1v) is 9.22. The van der Waals surface area contributed by atoms with E-state index in [1.807, 2.05) is 25.1 Å². The molecule has 5 nitrogen and oxygen atoms in total. The zero-order valence-electron chi connectivity index (χ0n) is 14.2. The van der Waals surface area contributed by atoms with E-state index in [1.54, 1.807) is 12.1 Å².